The molecular weight excluding hydrogens is 457 g/mol. The fourth-order valence-corrected chi connectivity index (χ4v) is 5.13. The van der Waals surface area contributed by atoms with Crippen LogP contribution in [-0.4, -0.2) is 32.6 Å². The molecule has 0 radical (unpaired) electrons. The molecule has 2 atom stereocenters. The molecule has 2 heterocycles. The second kappa shape index (κ2) is 9.70. The molecule has 34 heavy (non-hydrogen) atoms. The summed E-state index contributed by atoms with van der Waals surface area (Å²) in [4.78, 5) is 28.6. The summed E-state index contributed by atoms with van der Waals surface area (Å²) in [6.45, 7) is 5.56. The molecule has 7 nitrogen and oxygen atoms in total. The molecule has 1 saturated carbocycles. The monoisotopic (exact) mass is 485 g/mol. The van der Waals surface area contributed by atoms with Gasteiger partial charge in [0, 0.05) is 48.8 Å². The summed E-state index contributed by atoms with van der Waals surface area (Å²) < 4.78 is 16.7. The fourth-order valence-electron chi connectivity index (χ4n) is 4.92. The van der Waals surface area contributed by atoms with Gasteiger partial charge in [0.1, 0.15) is 11.3 Å². The molecule has 9 heteroatoms. The van der Waals surface area contributed by atoms with E-state index < -0.39 is 5.82 Å². The average molecular weight is 486 g/mol. The van der Waals surface area contributed by atoms with Crippen molar-refractivity contribution in [2.24, 2.45) is 13.0 Å². The maximum Gasteiger partial charge on any atom is 0.228 e. The molecule has 1 fully saturated rings. The highest BCUT2D eigenvalue weighted by Crippen LogP contribution is 2.35. The van der Waals surface area contributed by atoms with E-state index in [-0.39, 0.29) is 29.7 Å². The second-order valence-electron chi connectivity index (χ2n) is 9.32. The van der Waals surface area contributed by atoms with E-state index in [9.17, 15) is 14.0 Å². The number of nitrogens with zero attached hydrogens (tertiary/aromatic N) is 3. The van der Waals surface area contributed by atoms with Gasteiger partial charge in [-0.2, -0.15) is 5.10 Å². The lowest BCUT2D eigenvalue weighted by Gasteiger charge is -2.28. The van der Waals surface area contributed by atoms with Crippen molar-refractivity contribution in [3.05, 3.63) is 40.9 Å². The van der Waals surface area contributed by atoms with Gasteiger partial charge in [-0.25, -0.2) is 9.37 Å². The van der Waals surface area contributed by atoms with Crippen LogP contribution in [0.3, 0.4) is 0 Å². The fraction of sp³-hybridized carbons (Fsp3) is 0.440. The Balaban J connectivity index is 1.61. The van der Waals surface area contributed by atoms with Crippen LogP contribution in [0, 0.1) is 11.7 Å². The number of benzene rings is 1. The minimum absolute atomic E-state index is 0.0000699. The normalized spacial score (nSPS) is 18.3. The highest BCUT2D eigenvalue weighted by Gasteiger charge is 2.28. The molecule has 1 aliphatic rings. The number of aromatic nitrogens is 3. The van der Waals surface area contributed by atoms with Gasteiger partial charge in [-0.1, -0.05) is 31.9 Å². The van der Waals surface area contributed by atoms with E-state index >= 15 is 0 Å². The van der Waals surface area contributed by atoms with Crippen LogP contribution in [0.1, 0.15) is 58.1 Å². The van der Waals surface area contributed by atoms with Crippen molar-refractivity contribution < 1.29 is 14.0 Å². The lowest BCUT2D eigenvalue weighted by molar-refractivity contribution is -0.123. The van der Waals surface area contributed by atoms with Crippen molar-refractivity contribution in [1.29, 1.82) is 0 Å². The number of fused-ring (bicyclic) bond motifs is 1. The molecule has 0 spiro atoms. The quantitative estimate of drug-likeness (QED) is 0.520. The van der Waals surface area contributed by atoms with Crippen LogP contribution < -0.4 is 10.6 Å². The minimum atomic E-state index is -0.431. The first kappa shape index (κ1) is 24.1. The largest absolute Gasteiger partial charge is 0.354 e. The van der Waals surface area contributed by atoms with Crippen molar-refractivity contribution >= 4 is 40.1 Å². The highest BCUT2D eigenvalue weighted by molar-refractivity contribution is 6.33. The van der Waals surface area contributed by atoms with E-state index in [4.69, 9.17) is 11.6 Å². The van der Waals surface area contributed by atoms with Crippen LogP contribution in [0.4, 0.5) is 10.2 Å². The number of pyridine rings is 1. The van der Waals surface area contributed by atoms with Crippen LogP contribution in [0.15, 0.2) is 24.4 Å². The zero-order chi connectivity index (χ0) is 24.6. The summed E-state index contributed by atoms with van der Waals surface area (Å²) in [5, 5.41) is 11.2. The predicted molar refractivity (Wildman–Crippen MR) is 131 cm³/mol. The molecule has 0 bridgehead atoms. The maximum absolute atomic E-state index is 15.0. The van der Waals surface area contributed by atoms with Gasteiger partial charge in [-0.05, 0) is 48.9 Å². The Morgan fingerprint density at radius 2 is 2.00 bits per heavy atom. The SMILES string of the molecule is CC(=O)N[C@@H]1CCCC(C(=O)Nc2cc(-c3cc(F)c4nn(C)c(C(C)C)c4c3)c(Cl)cn2)C1. The number of hydrogen-bond donors (Lipinski definition) is 2. The zero-order valence-electron chi connectivity index (χ0n) is 19.8. The van der Waals surface area contributed by atoms with E-state index in [0.29, 0.717) is 33.9 Å². The first-order valence-electron chi connectivity index (χ1n) is 11.5. The summed E-state index contributed by atoms with van der Waals surface area (Å²) in [6, 6.07) is 4.96. The summed E-state index contributed by atoms with van der Waals surface area (Å²) >= 11 is 6.44. The zero-order valence-corrected chi connectivity index (χ0v) is 20.5. The number of carbonyl (C=O) groups excluding carboxylic acids is 2. The topological polar surface area (TPSA) is 88.9 Å². The molecule has 2 amide bonds. The number of carbonyl (C=O) groups is 2. The average Bonchev–Trinajstić information content (AvgIpc) is 3.11. The molecule has 2 aromatic heterocycles. The first-order chi connectivity index (χ1) is 16.1. The third-order valence-electron chi connectivity index (χ3n) is 6.35. The number of nitrogens with one attached hydrogen (secondary N) is 2. The molecule has 1 aliphatic carbocycles. The summed E-state index contributed by atoms with van der Waals surface area (Å²) in [5.74, 6) is -0.379. The van der Waals surface area contributed by atoms with E-state index in [0.717, 1.165) is 30.3 Å². The van der Waals surface area contributed by atoms with E-state index in [1.54, 1.807) is 10.7 Å². The Hall–Kier alpha value is -3.00. The standard InChI is InChI=1S/C25H29ClFN5O2/c1-13(2)24-19-9-16(10-21(27)23(19)31-32(24)4)18-11-22(28-12-20(18)26)30-25(34)15-6-5-7-17(8-15)29-14(3)33/h9-13,15,17H,5-8H2,1-4H3,(H,29,33)(H,28,30,34)/t15?,17-/m1/s1. The molecule has 3 aromatic rings. The molecule has 4 rings (SSSR count). The number of hydrogen-bond acceptors (Lipinski definition) is 4. The van der Waals surface area contributed by atoms with Gasteiger partial charge in [0.2, 0.25) is 11.8 Å². The van der Waals surface area contributed by atoms with E-state index in [1.165, 1.54) is 19.2 Å². The number of amides is 2. The molecule has 1 aromatic carbocycles. The lowest BCUT2D eigenvalue weighted by Crippen LogP contribution is -2.40. The summed E-state index contributed by atoms with van der Waals surface area (Å²) in [7, 11) is 1.81. The molecule has 0 saturated heterocycles. The van der Waals surface area contributed by atoms with Crippen molar-refractivity contribution in [3.63, 3.8) is 0 Å². The number of rotatable bonds is 5. The third-order valence-corrected chi connectivity index (χ3v) is 6.66. The Morgan fingerprint density at radius 3 is 2.71 bits per heavy atom. The minimum Gasteiger partial charge on any atom is -0.354 e. The Kier molecular flexibility index (Phi) is 6.89. The van der Waals surface area contributed by atoms with Crippen molar-refractivity contribution in [1.82, 2.24) is 20.1 Å². The van der Waals surface area contributed by atoms with Gasteiger partial charge in [-0.3, -0.25) is 14.3 Å². The van der Waals surface area contributed by atoms with Crippen LogP contribution in [0.25, 0.3) is 22.0 Å². The van der Waals surface area contributed by atoms with Gasteiger partial charge in [0.15, 0.2) is 5.82 Å². The molecular formula is C25H29ClFN5O2. The van der Waals surface area contributed by atoms with Gasteiger partial charge in [0.05, 0.1) is 5.02 Å². The molecule has 1 unspecified atom stereocenters. The van der Waals surface area contributed by atoms with E-state index in [1.807, 2.05) is 27.0 Å². The molecule has 0 aliphatic heterocycles. The van der Waals surface area contributed by atoms with Gasteiger partial charge in [0.25, 0.3) is 0 Å². The Bertz CT molecular complexity index is 1260. The van der Waals surface area contributed by atoms with Crippen molar-refractivity contribution in [2.75, 3.05) is 5.32 Å². The lowest BCUT2D eigenvalue weighted by atomic mass is 9.85. The molecule has 2 N–H and O–H groups in total. The Morgan fingerprint density at radius 1 is 1.24 bits per heavy atom. The number of halogens is 2. The smallest absolute Gasteiger partial charge is 0.228 e. The van der Waals surface area contributed by atoms with Crippen molar-refractivity contribution in [2.45, 2.75) is 58.4 Å². The number of anilines is 1. The van der Waals surface area contributed by atoms with Crippen LogP contribution >= 0.6 is 11.6 Å². The highest BCUT2D eigenvalue weighted by atomic mass is 35.5. The maximum atomic E-state index is 15.0. The summed E-state index contributed by atoms with van der Waals surface area (Å²) in [6.07, 6.45) is 4.54. The first-order valence-corrected chi connectivity index (χ1v) is 11.9. The van der Waals surface area contributed by atoms with Crippen LogP contribution in [0.2, 0.25) is 5.02 Å². The molecule has 180 valence electrons. The van der Waals surface area contributed by atoms with Gasteiger partial charge < -0.3 is 10.6 Å². The van der Waals surface area contributed by atoms with Crippen LogP contribution in [0.5, 0.6) is 0 Å². The number of aryl methyl sites for hydroxylation is 1. The van der Waals surface area contributed by atoms with Gasteiger partial charge >= 0.3 is 0 Å². The third kappa shape index (κ3) is 4.92. The predicted octanol–water partition coefficient (Wildman–Crippen LogP) is 5.18. The van der Waals surface area contributed by atoms with Crippen LogP contribution in [-0.2, 0) is 16.6 Å². The van der Waals surface area contributed by atoms with Gasteiger partial charge in [-0.15, -0.1) is 0 Å². The van der Waals surface area contributed by atoms with E-state index in [2.05, 4.69) is 20.7 Å². The van der Waals surface area contributed by atoms with Crippen molar-refractivity contribution in [3.8, 4) is 11.1 Å². The second-order valence-corrected chi connectivity index (χ2v) is 9.72. The summed E-state index contributed by atoms with van der Waals surface area (Å²) in [5.41, 5.74) is 2.41. The Labute approximate surface area is 203 Å².